The quantitative estimate of drug-likeness (QED) is 0.847. The highest BCUT2D eigenvalue weighted by atomic mass is 32.2. The fraction of sp³-hybridized carbons (Fsp3) is 0.588. The van der Waals surface area contributed by atoms with Crippen LogP contribution in [0.1, 0.15) is 26.7 Å². The van der Waals surface area contributed by atoms with Gasteiger partial charge in [0.1, 0.15) is 5.75 Å². The summed E-state index contributed by atoms with van der Waals surface area (Å²) in [4.78, 5) is 15.5. The van der Waals surface area contributed by atoms with Crippen LogP contribution in [0.4, 0.5) is 0 Å². The Morgan fingerprint density at radius 3 is 2.68 bits per heavy atom. The summed E-state index contributed by atoms with van der Waals surface area (Å²) in [5.74, 6) is 1.89. The van der Waals surface area contributed by atoms with Gasteiger partial charge in [0.2, 0.25) is 5.91 Å². The molecule has 1 unspecified atom stereocenters. The van der Waals surface area contributed by atoms with Crippen molar-refractivity contribution in [1.29, 1.82) is 0 Å². The number of thioether (sulfide) groups is 1. The molecule has 0 bridgehead atoms. The number of nitrogens with zero attached hydrogens (tertiary/aromatic N) is 1. The van der Waals surface area contributed by atoms with E-state index in [1.165, 1.54) is 0 Å². The van der Waals surface area contributed by atoms with Crippen LogP contribution in [0.3, 0.4) is 0 Å². The lowest BCUT2D eigenvalue weighted by Gasteiger charge is -2.42. The van der Waals surface area contributed by atoms with Crippen molar-refractivity contribution in [3.8, 4) is 5.75 Å². The van der Waals surface area contributed by atoms with Crippen LogP contribution in [0.15, 0.2) is 29.2 Å². The van der Waals surface area contributed by atoms with Crippen molar-refractivity contribution in [2.24, 2.45) is 11.1 Å². The molecule has 4 nitrogen and oxygen atoms in total. The number of amides is 1. The third-order valence-electron chi connectivity index (χ3n) is 4.31. The first kappa shape index (κ1) is 17.2. The number of hydrogen-bond donors (Lipinski definition) is 1. The average molecular weight is 322 g/mol. The van der Waals surface area contributed by atoms with Crippen LogP contribution in [0.25, 0.3) is 0 Å². The molecule has 1 heterocycles. The van der Waals surface area contributed by atoms with E-state index in [0.717, 1.165) is 35.9 Å². The summed E-state index contributed by atoms with van der Waals surface area (Å²) < 4.78 is 5.14. The second kappa shape index (κ2) is 7.38. The van der Waals surface area contributed by atoms with Gasteiger partial charge in [-0.15, -0.1) is 11.8 Å². The molecule has 2 N–H and O–H groups in total. The maximum Gasteiger partial charge on any atom is 0.223 e. The normalized spacial score (nSPS) is 20.7. The molecule has 0 spiro atoms. The molecule has 1 amide bonds. The minimum atomic E-state index is 0.0109. The molecule has 0 radical (unpaired) electrons. The third-order valence-corrected chi connectivity index (χ3v) is 5.32. The Hall–Kier alpha value is -1.20. The van der Waals surface area contributed by atoms with E-state index in [-0.39, 0.29) is 17.4 Å². The van der Waals surface area contributed by atoms with Crippen molar-refractivity contribution in [1.82, 2.24) is 4.90 Å². The van der Waals surface area contributed by atoms with E-state index in [2.05, 4.69) is 13.8 Å². The number of carbonyl (C=O) groups excluding carboxylic acids is 1. The van der Waals surface area contributed by atoms with Gasteiger partial charge in [-0.3, -0.25) is 4.79 Å². The maximum atomic E-state index is 12.3. The number of likely N-dealkylation sites (tertiary alicyclic amines) is 1. The molecule has 122 valence electrons. The Morgan fingerprint density at radius 1 is 1.41 bits per heavy atom. The zero-order valence-electron chi connectivity index (χ0n) is 13.7. The summed E-state index contributed by atoms with van der Waals surface area (Å²) in [6.07, 6.45) is 1.46. The average Bonchev–Trinajstić information content (AvgIpc) is 2.50. The first-order valence-corrected chi connectivity index (χ1v) is 8.71. The standard InChI is InChI=1S/C17H26N2O2S/c1-17(2)12-19(10-8-15(17)18)16(20)9-11-22-14-6-4-13(21-3)5-7-14/h4-7,15H,8-12,18H2,1-3H3. The minimum absolute atomic E-state index is 0.0109. The predicted molar refractivity (Wildman–Crippen MR) is 91.3 cm³/mol. The van der Waals surface area contributed by atoms with Crippen molar-refractivity contribution < 1.29 is 9.53 Å². The van der Waals surface area contributed by atoms with Crippen LogP contribution in [0.2, 0.25) is 0 Å². The number of piperidine rings is 1. The Labute approximate surface area is 137 Å². The van der Waals surface area contributed by atoms with Gasteiger partial charge in [0.05, 0.1) is 7.11 Å². The van der Waals surface area contributed by atoms with Crippen LogP contribution in [0.5, 0.6) is 5.75 Å². The van der Waals surface area contributed by atoms with Crippen LogP contribution in [-0.2, 0) is 4.79 Å². The second-order valence-corrected chi connectivity index (χ2v) is 7.64. The number of methoxy groups -OCH3 is 1. The molecule has 1 atom stereocenters. The molecule has 1 fully saturated rings. The molecule has 1 saturated heterocycles. The molecule has 0 saturated carbocycles. The Balaban J connectivity index is 1.78. The smallest absolute Gasteiger partial charge is 0.223 e. The van der Waals surface area contributed by atoms with Crippen molar-refractivity contribution in [3.05, 3.63) is 24.3 Å². The van der Waals surface area contributed by atoms with Gasteiger partial charge < -0.3 is 15.4 Å². The van der Waals surface area contributed by atoms with Crippen molar-refractivity contribution in [2.45, 2.75) is 37.6 Å². The molecule has 1 aliphatic rings. The van der Waals surface area contributed by atoms with Crippen molar-refractivity contribution in [3.63, 3.8) is 0 Å². The number of nitrogens with two attached hydrogens (primary N) is 1. The zero-order chi connectivity index (χ0) is 16.2. The van der Waals surface area contributed by atoms with Crippen LogP contribution >= 0.6 is 11.8 Å². The van der Waals surface area contributed by atoms with Gasteiger partial charge in [0, 0.05) is 36.2 Å². The van der Waals surface area contributed by atoms with Crippen LogP contribution in [-0.4, -0.2) is 42.8 Å². The molecule has 1 aromatic carbocycles. The molecule has 0 aromatic heterocycles. The van der Waals surface area contributed by atoms with E-state index in [1.54, 1.807) is 18.9 Å². The summed E-state index contributed by atoms with van der Waals surface area (Å²) in [5, 5.41) is 0. The molecular formula is C17H26N2O2S. The summed E-state index contributed by atoms with van der Waals surface area (Å²) >= 11 is 1.70. The van der Waals surface area contributed by atoms with Crippen LogP contribution < -0.4 is 10.5 Å². The summed E-state index contributed by atoms with van der Waals surface area (Å²) in [7, 11) is 1.66. The van der Waals surface area contributed by atoms with Gasteiger partial charge in [0.25, 0.3) is 0 Å². The highest BCUT2D eigenvalue weighted by molar-refractivity contribution is 7.99. The van der Waals surface area contributed by atoms with Crippen molar-refractivity contribution >= 4 is 17.7 Å². The minimum Gasteiger partial charge on any atom is -0.497 e. The lowest BCUT2D eigenvalue weighted by atomic mass is 9.79. The van der Waals surface area contributed by atoms with Crippen LogP contribution in [0, 0.1) is 5.41 Å². The lowest BCUT2D eigenvalue weighted by molar-refractivity contribution is -0.134. The van der Waals surface area contributed by atoms with Crippen molar-refractivity contribution in [2.75, 3.05) is 26.0 Å². The number of ether oxygens (including phenoxy) is 1. The van der Waals surface area contributed by atoms with Gasteiger partial charge in [-0.25, -0.2) is 0 Å². The molecule has 2 rings (SSSR count). The summed E-state index contributed by atoms with van der Waals surface area (Å²) in [6.45, 7) is 5.84. The Morgan fingerprint density at radius 2 is 2.09 bits per heavy atom. The SMILES string of the molecule is COc1ccc(SCCC(=O)N2CCC(N)C(C)(C)C2)cc1. The molecular weight excluding hydrogens is 296 g/mol. The summed E-state index contributed by atoms with van der Waals surface area (Å²) in [5.41, 5.74) is 6.13. The number of rotatable bonds is 5. The van der Waals surface area contributed by atoms with E-state index < -0.39 is 0 Å². The molecule has 22 heavy (non-hydrogen) atoms. The monoisotopic (exact) mass is 322 g/mol. The fourth-order valence-electron chi connectivity index (χ4n) is 2.67. The fourth-order valence-corrected chi connectivity index (χ4v) is 3.51. The Kier molecular flexibility index (Phi) is 5.75. The first-order chi connectivity index (χ1) is 10.4. The predicted octanol–water partition coefficient (Wildman–Crippen LogP) is 2.76. The highest BCUT2D eigenvalue weighted by Crippen LogP contribution is 2.28. The third kappa shape index (κ3) is 4.40. The van der Waals surface area contributed by atoms with Gasteiger partial charge in [-0.1, -0.05) is 13.8 Å². The van der Waals surface area contributed by atoms with E-state index >= 15 is 0 Å². The summed E-state index contributed by atoms with van der Waals surface area (Å²) in [6, 6.07) is 8.12. The molecule has 1 aliphatic heterocycles. The van der Waals surface area contributed by atoms with E-state index in [9.17, 15) is 4.79 Å². The van der Waals surface area contributed by atoms with Gasteiger partial charge in [-0.2, -0.15) is 0 Å². The van der Waals surface area contributed by atoms with Gasteiger partial charge >= 0.3 is 0 Å². The van der Waals surface area contributed by atoms with Gasteiger partial charge in [0.15, 0.2) is 0 Å². The Bertz CT molecular complexity index is 502. The van der Waals surface area contributed by atoms with E-state index in [4.69, 9.17) is 10.5 Å². The topological polar surface area (TPSA) is 55.6 Å². The zero-order valence-corrected chi connectivity index (χ0v) is 14.5. The largest absolute Gasteiger partial charge is 0.497 e. The number of hydrogen-bond acceptors (Lipinski definition) is 4. The number of benzene rings is 1. The highest BCUT2D eigenvalue weighted by Gasteiger charge is 2.34. The van der Waals surface area contributed by atoms with E-state index in [1.807, 2.05) is 29.2 Å². The number of carbonyl (C=O) groups is 1. The van der Waals surface area contributed by atoms with E-state index in [0.29, 0.717) is 6.42 Å². The lowest BCUT2D eigenvalue weighted by Crippen LogP contribution is -2.54. The molecule has 5 heteroatoms. The first-order valence-electron chi connectivity index (χ1n) is 7.72. The molecule has 0 aliphatic carbocycles. The van der Waals surface area contributed by atoms with Gasteiger partial charge in [-0.05, 0) is 36.1 Å². The second-order valence-electron chi connectivity index (χ2n) is 6.47. The maximum absolute atomic E-state index is 12.3. The molecule has 1 aromatic rings.